The highest BCUT2D eigenvalue weighted by Crippen LogP contribution is 2.26. The third kappa shape index (κ3) is 3.13. The monoisotopic (exact) mass is 270 g/mol. The van der Waals surface area contributed by atoms with Crippen LogP contribution in [0.25, 0.3) is 0 Å². The second-order valence-corrected chi connectivity index (χ2v) is 4.39. The number of amides is 1. The first-order valence-corrected chi connectivity index (χ1v) is 6.09. The number of hydrogen-bond acceptors (Lipinski definition) is 4. The van der Waals surface area contributed by atoms with Crippen LogP contribution in [0.3, 0.4) is 0 Å². The van der Waals surface area contributed by atoms with Gasteiger partial charge in [-0.3, -0.25) is 4.79 Å². The van der Waals surface area contributed by atoms with Gasteiger partial charge >= 0.3 is 0 Å². The van der Waals surface area contributed by atoms with Gasteiger partial charge in [0, 0.05) is 13.1 Å². The molecule has 1 heterocycles. The lowest BCUT2D eigenvalue weighted by atomic mass is 10.2. The lowest BCUT2D eigenvalue weighted by Crippen LogP contribution is -2.41. The van der Waals surface area contributed by atoms with Crippen molar-refractivity contribution in [2.45, 2.75) is 6.10 Å². The van der Waals surface area contributed by atoms with E-state index >= 15 is 0 Å². The van der Waals surface area contributed by atoms with E-state index in [1.165, 1.54) is 0 Å². The maximum atomic E-state index is 11.3. The average Bonchev–Trinajstić information content (AvgIpc) is 2.37. The van der Waals surface area contributed by atoms with Crippen molar-refractivity contribution in [3.05, 3.63) is 28.8 Å². The molecule has 18 heavy (non-hydrogen) atoms. The summed E-state index contributed by atoms with van der Waals surface area (Å²) < 4.78 is 11.1. The molecular weight excluding hydrogens is 256 g/mol. The molecule has 0 saturated carbocycles. The largest absolute Gasteiger partial charge is 0.490 e. The zero-order valence-corrected chi connectivity index (χ0v) is 10.6. The molecule has 1 saturated heterocycles. The molecular formula is C12H15ClN2O3. The van der Waals surface area contributed by atoms with Crippen LogP contribution in [0.2, 0.25) is 5.02 Å². The van der Waals surface area contributed by atoms with E-state index in [0.717, 1.165) is 13.1 Å². The molecule has 1 aromatic rings. The highest BCUT2D eigenvalue weighted by Gasteiger charge is 2.17. The Morgan fingerprint density at radius 1 is 1.61 bits per heavy atom. The van der Waals surface area contributed by atoms with Crippen molar-refractivity contribution < 1.29 is 14.3 Å². The van der Waals surface area contributed by atoms with E-state index in [-0.39, 0.29) is 11.7 Å². The summed E-state index contributed by atoms with van der Waals surface area (Å²) >= 11 is 5.92. The summed E-state index contributed by atoms with van der Waals surface area (Å²) in [6.45, 7) is 2.59. The number of carbonyl (C=O) groups is 1. The van der Waals surface area contributed by atoms with Gasteiger partial charge in [-0.05, 0) is 12.1 Å². The third-order valence-electron chi connectivity index (χ3n) is 2.65. The Morgan fingerprint density at radius 3 is 3.11 bits per heavy atom. The van der Waals surface area contributed by atoms with Crippen molar-refractivity contribution in [2.75, 3.05) is 26.3 Å². The topological polar surface area (TPSA) is 73.6 Å². The van der Waals surface area contributed by atoms with Gasteiger partial charge in [0.1, 0.15) is 18.5 Å². The van der Waals surface area contributed by atoms with Gasteiger partial charge in [0.05, 0.1) is 17.2 Å². The molecule has 0 aliphatic carbocycles. The molecule has 6 heteroatoms. The summed E-state index contributed by atoms with van der Waals surface area (Å²) in [7, 11) is 0. The lowest BCUT2D eigenvalue weighted by molar-refractivity contribution is 0.0000399. The number of morpholine rings is 1. The molecule has 5 nitrogen and oxygen atoms in total. The Morgan fingerprint density at radius 2 is 2.44 bits per heavy atom. The zero-order valence-electron chi connectivity index (χ0n) is 9.82. The van der Waals surface area contributed by atoms with Crippen LogP contribution in [-0.2, 0) is 4.74 Å². The van der Waals surface area contributed by atoms with Gasteiger partial charge in [0.2, 0.25) is 0 Å². The summed E-state index contributed by atoms with van der Waals surface area (Å²) in [6.07, 6.45) is -0.0292. The van der Waals surface area contributed by atoms with Crippen LogP contribution < -0.4 is 15.8 Å². The standard InChI is InChI=1S/C12H15ClN2O3/c13-9-2-1-3-10(11(9)12(14)16)18-7-8-6-15-4-5-17-8/h1-3,8,15H,4-7H2,(H2,14,16). The quantitative estimate of drug-likeness (QED) is 0.849. The fourth-order valence-electron chi connectivity index (χ4n) is 1.77. The predicted octanol–water partition coefficient (Wildman–Crippen LogP) is 0.806. The number of hydrogen-bond donors (Lipinski definition) is 2. The molecule has 3 N–H and O–H groups in total. The number of nitrogens with two attached hydrogens (primary N) is 1. The Hall–Kier alpha value is -1.30. The summed E-state index contributed by atoms with van der Waals surface area (Å²) in [5.74, 6) is -0.206. The van der Waals surface area contributed by atoms with Gasteiger partial charge in [-0.15, -0.1) is 0 Å². The molecule has 1 unspecified atom stereocenters. The molecule has 1 aliphatic rings. The second-order valence-electron chi connectivity index (χ2n) is 3.99. The summed E-state index contributed by atoms with van der Waals surface area (Å²) in [4.78, 5) is 11.3. The Labute approximate surface area is 110 Å². The van der Waals surface area contributed by atoms with Gasteiger partial charge in [-0.25, -0.2) is 0 Å². The van der Waals surface area contributed by atoms with E-state index in [2.05, 4.69) is 5.32 Å². The fourth-order valence-corrected chi connectivity index (χ4v) is 2.03. The molecule has 2 rings (SSSR count). The molecule has 0 bridgehead atoms. The summed E-state index contributed by atoms with van der Waals surface area (Å²) in [6, 6.07) is 4.99. The number of benzene rings is 1. The molecule has 1 amide bonds. The lowest BCUT2D eigenvalue weighted by Gasteiger charge is -2.24. The number of ether oxygens (including phenoxy) is 2. The number of carbonyl (C=O) groups excluding carboxylic acids is 1. The third-order valence-corrected chi connectivity index (χ3v) is 2.97. The molecule has 1 aliphatic heterocycles. The van der Waals surface area contributed by atoms with E-state index < -0.39 is 5.91 Å². The van der Waals surface area contributed by atoms with Crippen LogP contribution in [0.5, 0.6) is 5.75 Å². The van der Waals surface area contributed by atoms with E-state index in [1.54, 1.807) is 18.2 Å². The van der Waals surface area contributed by atoms with E-state index in [1.807, 2.05) is 0 Å². The molecule has 0 aromatic heterocycles. The van der Waals surface area contributed by atoms with Crippen molar-refractivity contribution >= 4 is 17.5 Å². The molecule has 1 aromatic carbocycles. The minimum absolute atomic E-state index is 0.0292. The first-order chi connectivity index (χ1) is 8.68. The van der Waals surface area contributed by atoms with E-state index in [4.69, 9.17) is 26.8 Å². The van der Waals surface area contributed by atoms with Crippen molar-refractivity contribution in [1.29, 1.82) is 0 Å². The van der Waals surface area contributed by atoms with Crippen molar-refractivity contribution in [3.8, 4) is 5.75 Å². The molecule has 0 radical (unpaired) electrons. The van der Waals surface area contributed by atoms with Gasteiger partial charge in [-0.2, -0.15) is 0 Å². The minimum Gasteiger partial charge on any atom is -0.490 e. The number of halogens is 1. The molecule has 1 fully saturated rings. The fraction of sp³-hybridized carbons (Fsp3) is 0.417. The van der Waals surface area contributed by atoms with Crippen LogP contribution in [-0.4, -0.2) is 38.3 Å². The first kappa shape index (κ1) is 13.1. The van der Waals surface area contributed by atoms with Crippen LogP contribution >= 0.6 is 11.6 Å². The van der Waals surface area contributed by atoms with Gasteiger partial charge in [-0.1, -0.05) is 17.7 Å². The summed E-state index contributed by atoms with van der Waals surface area (Å²) in [5.41, 5.74) is 5.49. The SMILES string of the molecule is NC(=O)c1c(Cl)cccc1OCC1CNCCO1. The van der Waals surface area contributed by atoms with E-state index in [0.29, 0.717) is 24.0 Å². The van der Waals surface area contributed by atoms with Gasteiger partial charge in [0.15, 0.2) is 0 Å². The highest BCUT2D eigenvalue weighted by molar-refractivity contribution is 6.34. The molecule has 98 valence electrons. The van der Waals surface area contributed by atoms with E-state index in [9.17, 15) is 4.79 Å². The maximum Gasteiger partial charge on any atom is 0.253 e. The predicted molar refractivity (Wildman–Crippen MR) is 68.1 cm³/mol. The van der Waals surface area contributed by atoms with Crippen molar-refractivity contribution in [3.63, 3.8) is 0 Å². The van der Waals surface area contributed by atoms with Crippen LogP contribution in [0.4, 0.5) is 0 Å². The van der Waals surface area contributed by atoms with Gasteiger partial charge < -0.3 is 20.5 Å². The summed E-state index contributed by atoms with van der Waals surface area (Å²) in [5, 5.41) is 3.49. The normalized spacial score (nSPS) is 19.5. The van der Waals surface area contributed by atoms with Crippen LogP contribution in [0, 0.1) is 0 Å². The van der Waals surface area contributed by atoms with Crippen LogP contribution in [0.1, 0.15) is 10.4 Å². The van der Waals surface area contributed by atoms with Crippen molar-refractivity contribution in [1.82, 2.24) is 5.32 Å². The second kappa shape index (κ2) is 6.04. The highest BCUT2D eigenvalue weighted by atomic mass is 35.5. The first-order valence-electron chi connectivity index (χ1n) is 5.72. The smallest absolute Gasteiger partial charge is 0.253 e. The molecule has 0 spiro atoms. The zero-order chi connectivity index (χ0) is 13.0. The maximum absolute atomic E-state index is 11.3. The Balaban J connectivity index is 2.04. The number of rotatable bonds is 4. The van der Waals surface area contributed by atoms with Gasteiger partial charge in [0.25, 0.3) is 5.91 Å². The van der Waals surface area contributed by atoms with Crippen LogP contribution in [0.15, 0.2) is 18.2 Å². The minimum atomic E-state index is -0.599. The average molecular weight is 271 g/mol. The van der Waals surface area contributed by atoms with Crippen molar-refractivity contribution in [2.24, 2.45) is 5.73 Å². The Kier molecular flexibility index (Phi) is 4.41. The Bertz CT molecular complexity index is 433. The number of nitrogens with one attached hydrogen (secondary N) is 1. The molecule has 1 atom stereocenters. The number of primary amides is 1.